The maximum Gasteiger partial charge on any atom is 0.0358 e. The molecule has 37 heavy (non-hydrogen) atoms. The van der Waals surface area contributed by atoms with E-state index < -0.39 is 0 Å². The molecule has 0 radical (unpaired) electrons. The molecule has 0 nitrogen and oxygen atoms in total. The summed E-state index contributed by atoms with van der Waals surface area (Å²) in [5.41, 5.74) is 12.9. The fourth-order valence-electron chi connectivity index (χ4n) is 4.95. The lowest BCUT2D eigenvalue weighted by Gasteiger charge is -2.26. The Morgan fingerprint density at radius 2 is 1.24 bits per heavy atom. The zero-order chi connectivity index (χ0) is 25.8. The maximum atomic E-state index is 3.69. The molecule has 0 fully saturated rings. The highest BCUT2D eigenvalue weighted by atomic mass is 32.1. The number of hydrogen-bond donors (Lipinski definition) is 0. The van der Waals surface area contributed by atoms with Crippen molar-refractivity contribution in [2.75, 3.05) is 0 Å². The van der Waals surface area contributed by atoms with E-state index in [0.29, 0.717) is 5.92 Å². The Hall–Kier alpha value is -3.16. The second-order valence-corrected chi connectivity index (χ2v) is 12.0. The molecular formula is C35H34S2. The van der Waals surface area contributed by atoms with Crippen molar-refractivity contribution in [2.24, 2.45) is 5.92 Å². The number of allylic oxidation sites excluding steroid dienone is 5. The molecule has 2 heterocycles. The minimum absolute atomic E-state index is 0.352. The Bertz CT molecular complexity index is 1490. The van der Waals surface area contributed by atoms with Crippen molar-refractivity contribution >= 4 is 33.8 Å². The Balaban J connectivity index is 1.54. The van der Waals surface area contributed by atoms with Gasteiger partial charge in [0.25, 0.3) is 0 Å². The van der Waals surface area contributed by atoms with Gasteiger partial charge in [-0.1, -0.05) is 91.6 Å². The summed E-state index contributed by atoms with van der Waals surface area (Å²) in [4.78, 5) is 5.34. The van der Waals surface area contributed by atoms with Crippen LogP contribution in [0.5, 0.6) is 0 Å². The average Bonchev–Trinajstić information content (AvgIpc) is 3.59. The van der Waals surface area contributed by atoms with Gasteiger partial charge in [0.2, 0.25) is 0 Å². The van der Waals surface area contributed by atoms with E-state index in [4.69, 9.17) is 0 Å². The van der Waals surface area contributed by atoms with E-state index in [1.54, 1.807) is 0 Å². The third kappa shape index (κ3) is 5.58. The predicted octanol–water partition coefficient (Wildman–Crippen LogP) is 11.1. The van der Waals surface area contributed by atoms with Crippen LogP contribution in [0.4, 0.5) is 0 Å². The van der Waals surface area contributed by atoms with Gasteiger partial charge in [0, 0.05) is 36.6 Å². The first-order valence-electron chi connectivity index (χ1n) is 13.3. The molecule has 0 aliphatic heterocycles. The quantitative estimate of drug-likeness (QED) is 0.213. The lowest BCUT2D eigenvalue weighted by molar-refractivity contribution is 0.640. The second kappa shape index (κ2) is 11.5. The maximum absolute atomic E-state index is 3.69. The monoisotopic (exact) mass is 518 g/mol. The van der Waals surface area contributed by atoms with Gasteiger partial charge in [-0.2, -0.15) is 0 Å². The summed E-state index contributed by atoms with van der Waals surface area (Å²) in [7, 11) is 0. The van der Waals surface area contributed by atoms with Crippen LogP contribution in [-0.2, 0) is 0 Å². The van der Waals surface area contributed by atoms with Gasteiger partial charge in [-0.25, -0.2) is 0 Å². The highest BCUT2D eigenvalue weighted by molar-refractivity contribution is 7.17. The number of aryl methyl sites for hydroxylation is 2. The minimum atomic E-state index is 0.352. The third-order valence-corrected chi connectivity index (χ3v) is 9.37. The smallest absolute Gasteiger partial charge is 0.0358 e. The fourth-order valence-corrected chi connectivity index (χ4v) is 7.10. The standard InChI is InChI=1S/C35H34S2/c1-5-7-9-29-28(8-6-2)30(34-22-20-32(36-34)26-14-10-24(3)11-15-26)18-19-31(29)35-23-21-33(37-35)27-16-12-25(4)13-17-27/h6,10-23,29H,5,7,9H2,1-4H3. The molecule has 186 valence electrons. The molecule has 0 bridgehead atoms. The van der Waals surface area contributed by atoms with Crippen LogP contribution in [0.1, 0.15) is 54.0 Å². The number of hydrogen-bond acceptors (Lipinski definition) is 2. The summed E-state index contributed by atoms with van der Waals surface area (Å²) >= 11 is 3.79. The topological polar surface area (TPSA) is 0 Å². The Morgan fingerprint density at radius 1 is 0.703 bits per heavy atom. The van der Waals surface area contributed by atoms with Crippen LogP contribution in [0.2, 0.25) is 0 Å². The van der Waals surface area contributed by atoms with Crippen molar-refractivity contribution in [1.82, 2.24) is 0 Å². The average molecular weight is 519 g/mol. The van der Waals surface area contributed by atoms with Crippen molar-refractivity contribution in [3.63, 3.8) is 0 Å². The van der Waals surface area contributed by atoms with Crippen LogP contribution < -0.4 is 0 Å². The summed E-state index contributed by atoms with van der Waals surface area (Å²) in [5, 5.41) is 0. The SMILES string of the molecule is CC=C=C1C(c2ccc(-c3ccc(C)cc3)s2)=CC=C(c2ccc(-c3ccc(C)cc3)s2)C1CCCC. The van der Waals surface area contributed by atoms with Crippen molar-refractivity contribution in [3.05, 3.63) is 123 Å². The van der Waals surface area contributed by atoms with Gasteiger partial charge >= 0.3 is 0 Å². The summed E-state index contributed by atoms with van der Waals surface area (Å²) < 4.78 is 0. The van der Waals surface area contributed by atoms with Crippen LogP contribution in [0.15, 0.2) is 102 Å². The zero-order valence-electron chi connectivity index (χ0n) is 22.2. The molecule has 1 unspecified atom stereocenters. The summed E-state index contributed by atoms with van der Waals surface area (Å²) in [6.45, 7) is 8.66. The zero-order valence-corrected chi connectivity index (χ0v) is 23.8. The van der Waals surface area contributed by atoms with Crippen LogP contribution in [0.3, 0.4) is 0 Å². The predicted molar refractivity (Wildman–Crippen MR) is 165 cm³/mol. The molecule has 0 saturated carbocycles. The first-order valence-corrected chi connectivity index (χ1v) is 14.9. The van der Waals surface area contributed by atoms with E-state index in [9.17, 15) is 0 Å². The van der Waals surface area contributed by atoms with Crippen LogP contribution in [0.25, 0.3) is 32.0 Å². The van der Waals surface area contributed by atoms with Crippen LogP contribution >= 0.6 is 22.7 Å². The molecule has 2 aromatic heterocycles. The largest absolute Gasteiger partial charge is 0.136 e. The molecule has 1 atom stereocenters. The summed E-state index contributed by atoms with van der Waals surface area (Å²) in [6.07, 6.45) is 10.3. The summed E-state index contributed by atoms with van der Waals surface area (Å²) in [5.74, 6) is 0.352. The van der Waals surface area contributed by atoms with Gasteiger partial charge in [0.1, 0.15) is 0 Å². The van der Waals surface area contributed by atoms with Crippen molar-refractivity contribution < 1.29 is 0 Å². The lowest BCUT2D eigenvalue weighted by atomic mass is 9.78. The van der Waals surface area contributed by atoms with E-state index >= 15 is 0 Å². The molecule has 0 spiro atoms. The van der Waals surface area contributed by atoms with Gasteiger partial charge in [-0.3, -0.25) is 0 Å². The van der Waals surface area contributed by atoms with Gasteiger partial charge in [0.05, 0.1) is 0 Å². The molecule has 1 aliphatic rings. The van der Waals surface area contributed by atoms with E-state index in [2.05, 4.69) is 124 Å². The van der Waals surface area contributed by atoms with Gasteiger partial charge in [-0.05, 0) is 74.2 Å². The Morgan fingerprint density at radius 3 is 1.81 bits per heavy atom. The Kier molecular flexibility index (Phi) is 7.91. The Labute approximate surface area is 230 Å². The van der Waals surface area contributed by atoms with Crippen molar-refractivity contribution in [1.29, 1.82) is 0 Å². The van der Waals surface area contributed by atoms with E-state index in [0.717, 1.165) is 6.42 Å². The third-order valence-electron chi connectivity index (χ3n) is 7.02. The second-order valence-electron chi connectivity index (χ2n) is 9.80. The first kappa shape index (κ1) is 25.5. The molecule has 5 rings (SSSR count). The van der Waals surface area contributed by atoms with E-state index in [-0.39, 0.29) is 0 Å². The van der Waals surface area contributed by atoms with Crippen molar-refractivity contribution in [3.8, 4) is 20.9 Å². The van der Waals surface area contributed by atoms with E-state index in [1.807, 2.05) is 22.7 Å². The summed E-state index contributed by atoms with van der Waals surface area (Å²) in [6, 6.07) is 26.9. The number of rotatable bonds is 7. The number of benzene rings is 2. The van der Waals surface area contributed by atoms with Gasteiger partial charge < -0.3 is 0 Å². The van der Waals surface area contributed by atoms with Crippen molar-refractivity contribution in [2.45, 2.75) is 47.0 Å². The highest BCUT2D eigenvalue weighted by Gasteiger charge is 2.28. The normalized spacial score (nSPS) is 15.2. The number of unbranched alkanes of at least 4 members (excludes halogenated alkanes) is 1. The fraction of sp³-hybridized carbons (Fsp3) is 0.229. The van der Waals surface area contributed by atoms with Crippen LogP contribution in [-0.4, -0.2) is 0 Å². The molecule has 2 aromatic carbocycles. The molecular weight excluding hydrogens is 485 g/mol. The molecule has 1 aliphatic carbocycles. The van der Waals surface area contributed by atoms with E-state index in [1.165, 1.54) is 71.3 Å². The molecule has 4 aromatic rings. The molecule has 0 amide bonds. The first-order chi connectivity index (χ1) is 18.1. The minimum Gasteiger partial charge on any atom is -0.136 e. The number of thiophene rings is 2. The lowest BCUT2D eigenvalue weighted by Crippen LogP contribution is -2.11. The molecule has 0 N–H and O–H groups in total. The molecule has 2 heteroatoms. The highest BCUT2D eigenvalue weighted by Crippen LogP contribution is 2.47. The van der Waals surface area contributed by atoms with Gasteiger partial charge in [0.15, 0.2) is 0 Å². The van der Waals surface area contributed by atoms with Crippen LogP contribution in [0, 0.1) is 19.8 Å². The van der Waals surface area contributed by atoms with Gasteiger partial charge in [-0.15, -0.1) is 28.4 Å². The molecule has 0 saturated heterocycles.